The molecule has 1 fully saturated rings. The summed E-state index contributed by atoms with van der Waals surface area (Å²) in [7, 11) is 4.32. The van der Waals surface area contributed by atoms with Gasteiger partial charge in [-0.25, -0.2) is 4.98 Å². The van der Waals surface area contributed by atoms with Crippen LogP contribution in [-0.4, -0.2) is 41.8 Å². The molecule has 0 aliphatic heterocycles. The molecule has 1 heterocycles. The zero-order chi connectivity index (χ0) is 23.3. The molecular weight excluding hydrogens is 412 g/mol. The lowest BCUT2D eigenvalue weighted by Gasteiger charge is -2.36. The summed E-state index contributed by atoms with van der Waals surface area (Å²) in [5.74, 6) is 2.22. The van der Waals surface area contributed by atoms with Gasteiger partial charge in [0.1, 0.15) is 25.4 Å². The Morgan fingerprint density at radius 3 is 2.42 bits per heavy atom. The van der Waals surface area contributed by atoms with Crippen LogP contribution in [0, 0.1) is 12.8 Å². The van der Waals surface area contributed by atoms with Crippen molar-refractivity contribution < 1.29 is 18.7 Å². The van der Waals surface area contributed by atoms with E-state index < -0.39 is 5.60 Å². The number of aryl methyl sites for hydroxylation is 1. The molecule has 0 amide bonds. The maximum Gasteiger partial charge on any atom is 0.231 e. The first-order valence-electron chi connectivity index (χ1n) is 12.1. The fourth-order valence-corrected chi connectivity index (χ4v) is 4.85. The molecule has 1 unspecified atom stereocenters. The van der Waals surface area contributed by atoms with Crippen molar-refractivity contribution in [3.05, 3.63) is 83.6 Å². The Bertz CT molecular complexity index is 1010. The van der Waals surface area contributed by atoms with Gasteiger partial charge in [0.25, 0.3) is 0 Å². The molecule has 3 aromatic rings. The Kier molecular flexibility index (Phi) is 7.20. The van der Waals surface area contributed by atoms with Gasteiger partial charge in [0, 0.05) is 5.92 Å². The molecule has 5 nitrogen and oxygen atoms in total. The van der Waals surface area contributed by atoms with Gasteiger partial charge < -0.3 is 18.7 Å². The maximum absolute atomic E-state index is 12.0. The van der Waals surface area contributed by atoms with Crippen LogP contribution in [0.15, 0.2) is 65.2 Å². The van der Waals surface area contributed by atoms with Crippen LogP contribution in [0.25, 0.3) is 0 Å². The molecular formula is C28H37N2O3+. The van der Waals surface area contributed by atoms with Crippen molar-refractivity contribution in [3.8, 4) is 5.75 Å². The third kappa shape index (κ3) is 5.66. The number of rotatable bonds is 9. The summed E-state index contributed by atoms with van der Waals surface area (Å²) < 4.78 is 12.9. The van der Waals surface area contributed by atoms with Crippen LogP contribution in [0.5, 0.6) is 5.75 Å². The molecule has 4 rings (SSSR count). The van der Waals surface area contributed by atoms with Crippen LogP contribution in [0.1, 0.15) is 54.9 Å². The number of nitrogens with zero attached hydrogens (tertiary/aromatic N) is 2. The van der Waals surface area contributed by atoms with E-state index in [0.717, 1.165) is 49.3 Å². The van der Waals surface area contributed by atoms with E-state index in [4.69, 9.17) is 9.15 Å². The summed E-state index contributed by atoms with van der Waals surface area (Å²) in [5, 5.41) is 12.0. The Morgan fingerprint density at radius 2 is 1.73 bits per heavy atom. The summed E-state index contributed by atoms with van der Waals surface area (Å²) in [6.07, 6.45) is 7.26. The second-order valence-electron chi connectivity index (χ2n) is 10.1. The van der Waals surface area contributed by atoms with Gasteiger partial charge in [-0.15, -0.1) is 0 Å². The summed E-state index contributed by atoms with van der Waals surface area (Å²) >= 11 is 0. The predicted octanol–water partition coefficient (Wildman–Crippen LogP) is 5.45. The van der Waals surface area contributed by atoms with E-state index in [1.807, 2.05) is 42.5 Å². The molecule has 33 heavy (non-hydrogen) atoms. The molecule has 2 aromatic carbocycles. The molecule has 1 aliphatic carbocycles. The van der Waals surface area contributed by atoms with Crippen molar-refractivity contribution in [2.75, 3.05) is 27.2 Å². The standard InChI is InChI=1S/C28H37N2O3/c1-22-14-16-25(17-15-22)32-19-18-30(2,3)21-26-20-29-27(33-26)28(31,23-10-6-4-7-11-23)24-12-8-5-9-13-24/h4,6-7,10-11,14-17,20,24,31H,5,8-9,12-13,18-19,21H2,1-3H3/q+1. The van der Waals surface area contributed by atoms with Crippen LogP contribution < -0.4 is 4.74 Å². The highest BCUT2D eigenvalue weighted by Gasteiger charge is 2.44. The van der Waals surface area contributed by atoms with E-state index in [1.54, 1.807) is 6.20 Å². The number of aromatic nitrogens is 1. The average molecular weight is 450 g/mol. The van der Waals surface area contributed by atoms with E-state index in [1.165, 1.54) is 12.0 Å². The van der Waals surface area contributed by atoms with Crippen LogP contribution in [0.4, 0.5) is 0 Å². The van der Waals surface area contributed by atoms with Gasteiger partial charge >= 0.3 is 0 Å². The quantitative estimate of drug-likeness (QED) is 0.441. The molecule has 176 valence electrons. The molecule has 1 aliphatic rings. The van der Waals surface area contributed by atoms with Gasteiger partial charge in [-0.1, -0.05) is 67.3 Å². The normalized spacial score (nSPS) is 17.0. The topological polar surface area (TPSA) is 55.5 Å². The summed E-state index contributed by atoms with van der Waals surface area (Å²) in [6, 6.07) is 18.0. The van der Waals surface area contributed by atoms with Crippen molar-refractivity contribution in [2.24, 2.45) is 5.92 Å². The number of benzene rings is 2. The Labute approximate surface area is 197 Å². The Balaban J connectivity index is 1.46. The number of aliphatic hydroxyl groups is 1. The van der Waals surface area contributed by atoms with E-state index in [2.05, 4.69) is 38.1 Å². The molecule has 5 heteroatoms. The van der Waals surface area contributed by atoms with Crippen LogP contribution in [-0.2, 0) is 12.1 Å². The minimum absolute atomic E-state index is 0.116. The second-order valence-corrected chi connectivity index (χ2v) is 10.1. The van der Waals surface area contributed by atoms with Crippen LogP contribution in [0.2, 0.25) is 0 Å². The highest BCUT2D eigenvalue weighted by Crippen LogP contribution is 2.43. The molecule has 0 radical (unpaired) electrons. The van der Waals surface area contributed by atoms with E-state index in [-0.39, 0.29) is 5.92 Å². The molecule has 1 aromatic heterocycles. The predicted molar refractivity (Wildman–Crippen MR) is 130 cm³/mol. The van der Waals surface area contributed by atoms with Crippen molar-refractivity contribution in [2.45, 2.75) is 51.2 Å². The number of ether oxygens (including phenoxy) is 1. The zero-order valence-corrected chi connectivity index (χ0v) is 20.2. The maximum atomic E-state index is 12.0. The minimum Gasteiger partial charge on any atom is -0.488 e. The summed E-state index contributed by atoms with van der Waals surface area (Å²) in [6.45, 7) is 4.20. The number of hydrogen-bond donors (Lipinski definition) is 1. The number of likely N-dealkylation sites (N-methyl/N-ethyl adjacent to an activating group) is 1. The molecule has 0 spiro atoms. The molecule has 1 N–H and O–H groups in total. The smallest absolute Gasteiger partial charge is 0.231 e. The first kappa shape index (κ1) is 23.5. The fraction of sp³-hybridized carbons (Fsp3) is 0.464. The second kappa shape index (κ2) is 10.1. The average Bonchev–Trinajstić information content (AvgIpc) is 3.29. The number of oxazole rings is 1. The third-order valence-corrected chi connectivity index (χ3v) is 6.86. The van der Waals surface area contributed by atoms with E-state index >= 15 is 0 Å². The Morgan fingerprint density at radius 1 is 1.03 bits per heavy atom. The highest BCUT2D eigenvalue weighted by molar-refractivity contribution is 5.30. The Hall–Kier alpha value is -2.63. The summed E-state index contributed by atoms with van der Waals surface area (Å²) in [4.78, 5) is 4.60. The van der Waals surface area contributed by atoms with Crippen molar-refractivity contribution in [1.29, 1.82) is 0 Å². The first-order chi connectivity index (χ1) is 15.9. The number of hydrogen-bond acceptors (Lipinski definition) is 4. The third-order valence-electron chi connectivity index (χ3n) is 6.86. The molecule has 1 atom stereocenters. The summed E-state index contributed by atoms with van der Waals surface area (Å²) in [5.41, 5.74) is 0.903. The molecule has 0 bridgehead atoms. The lowest BCUT2D eigenvalue weighted by atomic mass is 9.73. The fourth-order valence-electron chi connectivity index (χ4n) is 4.85. The lowest BCUT2D eigenvalue weighted by molar-refractivity contribution is -0.904. The largest absolute Gasteiger partial charge is 0.488 e. The van der Waals surface area contributed by atoms with Gasteiger partial charge in [-0.3, -0.25) is 0 Å². The van der Waals surface area contributed by atoms with Gasteiger partial charge in [0.05, 0.1) is 20.3 Å². The SMILES string of the molecule is Cc1ccc(OCC[N+](C)(C)Cc2cnc(C(O)(c3ccccc3)C3CCCCC3)o2)cc1. The minimum atomic E-state index is -1.19. The van der Waals surface area contributed by atoms with Crippen LogP contribution >= 0.6 is 0 Å². The van der Waals surface area contributed by atoms with Crippen molar-refractivity contribution >= 4 is 0 Å². The first-order valence-corrected chi connectivity index (χ1v) is 12.1. The van der Waals surface area contributed by atoms with Gasteiger partial charge in [-0.05, 0) is 37.5 Å². The van der Waals surface area contributed by atoms with Gasteiger partial charge in [-0.2, -0.15) is 0 Å². The van der Waals surface area contributed by atoms with Crippen LogP contribution in [0.3, 0.4) is 0 Å². The van der Waals surface area contributed by atoms with Gasteiger partial charge in [0.15, 0.2) is 11.4 Å². The number of quaternary nitrogens is 1. The van der Waals surface area contributed by atoms with Crippen molar-refractivity contribution in [3.63, 3.8) is 0 Å². The van der Waals surface area contributed by atoms with E-state index in [0.29, 0.717) is 23.5 Å². The highest BCUT2D eigenvalue weighted by atomic mass is 16.5. The van der Waals surface area contributed by atoms with Gasteiger partial charge in [0.2, 0.25) is 5.89 Å². The van der Waals surface area contributed by atoms with E-state index in [9.17, 15) is 5.11 Å². The zero-order valence-electron chi connectivity index (χ0n) is 20.2. The van der Waals surface area contributed by atoms with Crippen molar-refractivity contribution in [1.82, 2.24) is 4.98 Å². The molecule has 0 saturated heterocycles. The monoisotopic (exact) mass is 449 g/mol. The lowest BCUT2D eigenvalue weighted by Crippen LogP contribution is -2.42. The molecule has 1 saturated carbocycles.